The molecule has 1 aromatic heterocycles. The first kappa shape index (κ1) is 16.3. The Labute approximate surface area is 128 Å². The number of rotatable bonds is 5. The van der Waals surface area contributed by atoms with Gasteiger partial charge in [-0.3, -0.25) is 0 Å². The largest absolute Gasteiger partial charge is 0.367 e. The van der Waals surface area contributed by atoms with Crippen LogP contribution in [0, 0.1) is 11.3 Å². The van der Waals surface area contributed by atoms with Gasteiger partial charge in [0.25, 0.3) is 0 Å². The van der Waals surface area contributed by atoms with Crippen LogP contribution in [0.5, 0.6) is 0 Å². The maximum Gasteiger partial charge on any atom is 0.248 e. The van der Waals surface area contributed by atoms with Crippen molar-refractivity contribution in [2.75, 3.05) is 5.32 Å². The number of carbonyl (C=O) groups excluding carboxylic acids is 1. The van der Waals surface area contributed by atoms with E-state index >= 15 is 0 Å². The predicted molar refractivity (Wildman–Crippen MR) is 78.8 cm³/mol. The summed E-state index contributed by atoms with van der Waals surface area (Å²) in [4.78, 5) is 15.2. The molecule has 1 aromatic rings. The molecule has 0 aliphatic heterocycles. The lowest BCUT2D eigenvalue weighted by Crippen LogP contribution is -2.32. The Morgan fingerprint density at radius 1 is 1.45 bits per heavy atom. The predicted octanol–water partition coefficient (Wildman–Crippen LogP) is 3.46. The fraction of sp³-hybridized carbons (Fsp3) is 0.562. The van der Waals surface area contributed by atoms with Gasteiger partial charge in [0.1, 0.15) is 23.4 Å². The molecular formula is C16H19F2N3O. The number of Topliss-reactive ketones (excluding diaryl/α,β-unsaturated/α-hetero) is 1. The number of carbonyl (C=O) groups is 1. The Hall–Kier alpha value is -2.03. The van der Waals surface area contributed by atoms with Crippen LogP contribution in [0.1, 0.15) is 50.3 Å². The average molecular weight is 307 g/mol. The first-order valence-corrected chi connectivity index (χ1v) is 7.43. The molecule has 1 aliphatic carbocycles. The average Bonchev–Trinajstić information content (AvgIpc) is 2.47. The van der Waals surface area contributed by atoms with Gasteiger partial charge in [-0.05, 0) is 43.9 Å². The van der Waals surface area contributed by atoms with Crippen LogP contribution in [-0.4, -0.2) is 22.7 Å². The third-order valence-corrected chi connectivity index (χ3v) is 3.83. The molecule has 118 valence electrons. The van der Waals surface area contributed by atoms with E-state index in [1.807, 2.05) is 6.07 Å². The van der Waals surface area contributed by atoms with Gasteiger partial charge in [-0.15, -0.1) is 0 Å². The topological polar surface area (TPSA) is 65.8 Å². The number of anilines is 1. The number of halogens is 2. The molecule has 0 radical (unpaired) electrons. The molecule has 1 heterocycles. The van der Waals surface area contributed by atoms with E-state index in [1.165, 1.54) is 6.92 Å². The van der Waals surface area contributed by atoms with Crippen LogP contribution in [0.2, 0.25) is 0 Å². The van der Waals surface area contributed by atoms with Gasteiger partial charge in [-0.25, -0.2) is 13.8 Å². The van der Waals surface area contributed by atoms with E-state index in [1.54, 1.807) is 12.1 Å². The molecule has 0 atom stereocenters. The maximum atomic E-state index is 13.2. The molecule has 1 saturated carbocycles. The number of nitrogens with one attached hydrogen (secondary N) is 1. The molecule has 0 aromatic carbocycles. The summed E-state index contributed by atoms with van der Waals surface area (Å²) in [5.41, 5.74) is 1.12. The normalized spacial score (nSPS) is 17.7. The van der Waals surface area contributed by atoms with Crippen molar-refractivity contribution in [3.8, 4) is 6.07 Å². The second kappa shape index (κ2) is 6.82. The van der Waals surface area contributed by atoms with Gasteiger partial charge in [0.15, 0.2) is 0 Å². The van der Waals surface area contributed by atoms with Crippen molar-refractivity contribution in [1.82, 2.24) is 4.98 Å². The van der Waals surface area contributed by atoms with Crippen LogP contribution in [-0.2, 0) is 11.2 Å². The van der Waals surface area contributed by atoms with Crippen LogP contribution in [0.3, 0.4) is 0 Å². The van der Waals surface area contributed by atoms with Gasteiger partial charge in [0.2, 0.25) is 5.92 Å². The highest BCUT2D eigenvalue weighted by atomic mass is 19.3. The lowest BCUT2D eigenvalue weighted by Gasteiger charge is -2.29. The van der Waals surface area contributed by atoms with E-state index in [0.717, 1.165) is 5.56 Å². The minimum absolute atomic E-state index is 0.0540. The molecule has 2 rings (SSSR count). The smallest absolute Gasteiger partial charge is 0.248 e. The summed E-state index contributed by atoms with van der Waals surface area (Å²) in [7, 11) is 0. The highest BCUT2D eigenvalue weighted by molar-refractivity contribution is 5.75. The number of alkyl halides is 2. The first-order valence-electron chi connectivity index (χ1n) is 7.43. The molecular weight excluding hydrogens is 288 g/mol. The maximum absolute atomic E-state index is 13.2. The van der Waals surface area contributed by atoms with Gasteiger partial charge in [-0.2, -0.15) is 5.26 Å². The third-order valence-electron chi connectivity index (χ3n) is 3.83. The van der Waals surface area contributed by atoms with Crippen LogP contribution in [0.15, 0.2) is 12.1 Å². The van der Waals surface area contributed by atoms with Crippen LogP contribution in [0.4, 0.5) is 14.6 Å². The van der Waals surface area contributed by atoms with Gasteiger partial charge >= 0.3 is 0 Å². The summed E-state index contributed by atoms with van der Waals surface area (Å²) >= 11 is 0. The number of hydrogen-bond donors (Lipinski definition) is 1. The van der Waals surface area contributed by atoms with Crippen LogP contribution in [0.25, 0.3) is 0 Å². The fourth-order valence-electron chi connectivity index (χ4n) is 2.58. The van der Waals surface area contributed by atoms with E-state index in [-0.39, 0.29) is 30.4 Å². The summed E-state index contributed by atoms with van der Waals surface area (Å²) in [6, 6.07) is 5.38. The Kier molecular flexibility index (Phi) is 5.07. The number of aryl methyl sites for hydroxylation is 1. The minimum atomic E-state index is -2.56. The summed E-state index contributed by atoms with van der Waals surface area (Å²) in [6.45, 7) is 1.52. The summed E-state index contributed by atoms with van der Waals surface area (Å²) < 4.78 is 26.3. The van der Waals surface area contributed by atoms with Gasteiger partial charge in [-0.1, -0.05) is 0 Å². The van der Waals surface area contributed by atoms with Gasteiger partial charge in [0, 0.05) is 25.3 Å². The summed E-state index contributed by atoms with van der Waals surface area (Å²) in [5, 5.41) is 12.2. The van der Waals surface area contributed by atoms with E-state index < -0.39 is 5.92 Å². The molecule has 0 unspecified atom stereocenters. The lowest BCUT2D eigenvalue weighted by atomic mass is 9.92. The number of pyridine rings is 1. The number of ketones is 1. The molecule has 6 heteroatoms. The number of nitriles is 1. The Bertz CT molecular complexity index is 586. The Balaban J connectivity index is 2.05. The standard InChI is InChI=1S/C16H19F2N3O/c1-11(22)2-3-12-8-14(10-19)21-15(9-12)20-13-4-6-16(17,18)7-5-13/h8-9,13H,2-7H2,1H3,(H,20,21). The molecule has 1 N–H and O–H groups in total. The minimum Gasteiger partial charge on any atom is -0.367 e. The second-order valence-corrected chi connectivity index (χ2v) is 5.83. The molecule has 0 bridgehead atoms. The second-order valence-electron chi connectivity index (χ2n) is 5.83. The zero-order valence-electron chi connectivity index (χ0n) is 12.5. The lowest BCUT2D eigenvalue weighted by molar-refractivity contribution is -0.116. The number of hydrogen-bond acceptors (Lipinski definition) is 4. The SMILES string of the molecule is CC(=O)CCc1cc(C#N)nc(NC2CCC(F)(F)CC2)c1. The Morgan fingerprint density at radius 3 is 2.73 bits per heavy atom. The molecule has 0 amide bonds. The monoisotopic (exact) mass is 307 g/mol. The van der Waals surface area contributed by atoms with Crippen LogP contribution < -0.4 is 5.32 Å². The van der Waals surface area contributed by atoms with Crippen molar-refractivity contribution in [1.29, 1.82) is 5.26 Å². The van der Waals surface area contributed by atoms with E-state index in [0.29, 0.717) is 31.5 Å². The van der Waals surface area contributed by atoms with Crippen molar-refractivity contribution in [3.63, 3.8) is 0 Å². The van der Waals surface area contributed by atoms with E-state index in [9.17, 15) is 13.6 Å². The Morgan fingerprint density at radius 2 is 2.14 bits per heavy atom. The van der Waals surface area contributed by atoms with Gasteiger partial charge in [0.05, 0.1) is 0 Å². The highest BCUT2D eigenvalue weighted by Crippen LogP contribution is 2.34. The quantitative estimate of drug-likeness (QED) is 0.904. The molecule has 22 heavy (non-hydrogen) atoms. The zero-order chi connectivity index (χ0) is 16.2. The third kappa shape index (κ3) is 4.76. The summed E-state index contributed by atoms with van der Waals surface area (Å²) in [5.74, 6) is -1.96. The van der Waals surface area contributed by atoms with Crippen molar-refractivity contribution in [3.05, 3.63) is 23.4 Å². The fourth-order valence-corrected chi connectivity index (χ4v) is 2.58. The van der Waals surface area contributed by atoms with E-state index in [2.05, 4.69) is 10.3 Å². The highest BCUT2D eigenvalue weighted by Gasteiger charge is 2.34. The molecule has 0 saturated heterocycles. The van der Waals surface area contributed by atoms with Crippen molar-refractivity contribution in [2.24, 2.45) is 0 Å². The molecule has 1 fully saturated rings. The number of aromatic nitrogens is 1. The number of nitrogens with zero attached hydrogens (tertiary/aromatic N) is 2. The molecule has 4 nitrogen and oxygen atoms in total. The van der Waals surface area contributed by atoms with Crippen molar-refractivity contribution < 1.29 is 13.6 Å². The first-order chi connectivity index (χ1) is 10.4. The molecule has 0 spiro atoms. The molecule has 1 aliphatic rings. The van der Waals surface area contributed by atoms with E-state index in [4.69, 9.17) is 5.26 Å². The van der Waals surface area contributed by atoms with Crippen LogP contribution >= 0.6 is 0 Å². The summed E-state index contributed by atoms with van der Waals surface area (Å²) in [6.07, 6.45) is 1.47. The van der Waals surface area contributed by atoms with Crippen molar-refractivity contribution in [2.45, 2.75) is 57.4 Å². The van der Waals surface area contributed by atoms with Crippen molar-refractivity contribution >= 4 is 11.6 Å². The zero-order valence-corrected chi connectivity index (χ0v) is 12.5. The van der Waals surface area contributed by atoms with Gasteiger partial charge < -0.3 is 10.1 Å².